The third-order valence-electron chi connectivity index (χ3n) is 1.83. The maximum atomic E-state index is 5.36. The molecule has 0 saturated heterocycles. The maximum Gasteiger partial charge on any atom is 0.129 e. The van der Waals surface area contributed by atoms with Crippen molar-refractivity contribution in [2.45, 2.75) is 34.1 Å². The third-order valence-corrected chi connectivity index (χ3v) is 1.83. The average molecular weight is 178 g/mol. The molecule has 0 fully saturated rings. The molecule has 0 aromatic carbocycles. The molecule has 1 nitrogen and oxygen atoms in total. The van der Waals surface area contributed by atoms with Gasteiger partial charge in [-0.2, -0.15) is 0 Å². The van der Waals surface area contributed by atoms with Crippen LogP contribution in [0.4, 0.5) is 0 Å². The van der Waals surface area contributed by atoms with Crippen LogP contribution in [-0.2, 0) is 0 Å². The fourth-order valence-electron chi connectivity index (χ4n) is 1.33. The van der Waals surface area contributed by atoms with Gasteiger partial charge in [-0.05, 0) is 29.5 Å². The van der Waals surface area contributed by atoms with Gasteiger partial charge in [-0.15, -0.1) is 0 Å². The fourth-order valence-corrected chi connectivity index (χ4v) is 1.33. The highest BCUT2D eigenvalue weighted by atomic mass is 16.3. The molecule has 0 amide bonds. The molecule has 0 N–H and O–H groups in total. The van der Waals surface area contributed by atoms with Gasteiger partial charge in [0.25, 0.3) is 0 Å². The molecule has 0 saturated carbocycles. The Morgan fingerprint density at radius 3 is 2.54 bits per heavy atom. The van der Waals surface area contributed by atoms with Gasteiger partial charge in [0.15, 0.2) is 0 Å². The van der Waals surface area contributed by atoms with E-state index < -0.39 is 0 Å². The van der Waals surface area contributed by atoms with E-state index in [0.29, 0.717) is 0 Å². The van der Waals surface area contributed by atoms with Crippen molar-refractivity contribution in [3.8, 4) is 0 Å². The van der Waals surface area contributed by atoms with Crippen molar-refractivity contribution in [3.63, 3.8) is 0 Å². The zero-order valence-electron chi connectivity index (χ0n) is 8.92. The summed E-state index contributed by atoms with van der Waals surface area (Å²) in [6.07, 6.45) is 5.01. The fraction of sp³-hybridized carbons (Fsp3) is 0.500. The molecule has 0 atom stereocenters. The average Bonchev–Trinajstić information content (AvgIpc) is 2.50. The second-order valence-corrected chi connectivity index (χ2v) is 4.37. The molecule has 72 valence electrons. The standard InChI is InChI=1S/C12H18O/c1-5-10(9-12(2,3)4)11-7-6-8-13-11/h6-9H,5H2,1-4H3/b10-9+. The Labute approximate surface area is 80.5 Å². The van der Waals surface area contributed by atoms with Gasteiger partial charge in [-0.3, -0.25) is 0 Å². The molecule has 0 aliphatic heterocycles. The van der Waals surface area contributed by atoms with Gasteiger partial charge in [0.05, 0.1) is 6.26 Å². The van der Waals surface area contributed by atoms with Crippen LogP contribution in [0.5, 0.6) is 0 Å². The molecule has 1 heteroatoms. The first-order chi connectivity index (χ1) is 6.03. The Morgan fingerprint density at radius 1 is 1.46 bits per heavy atom. The minimum absolute atomic E-state index is 0.220. The van der Waals surface area contributed by atoms with Crippen LogP contribution in [0.3, 0.4) is 0 Å². The van der Waals surface area contributed by atoms with E-state index in [4.69, 9.17) is 4.42 Å². The largest absolute Gasteiger partial charge is 0.465 e. The molecule has 1 aromatic heterocycles. The summed E-state index contributed by atoms with van der Waals surface area (Å²) in [5.41, 5.74) is 1.51. The van der Waals surface area contributed by atoms with Crippen LogP contribution in [-0.4, -0.2) is 0 Å². The lowest BCUT2D eigenvalue weighted by atomic mass is 9.92. The second-order valence-electron chi connectivity index (χ2n) is 4.37. The Balaban J connectivity index is 2.93. The Kier molecular flexibility index (Phi) is 2.97. The highest BCUT2D eigenvalue weighted by Gasteiger charge is 2.10. The predicted molar refractivity (Wildman–Crippen MR) is 56.4 cm³/mol. The summed E-state index contributed by atoms with van der Waals surface area (Å²) < 4.78 is 5.36. The van der Waals surface area contributed by atoms with E-state index >= 15 is 0 Å². The van der Waals surface area contributed by atoms with Crippen LogP contribution in [0.1, 0.15) is 39.9 Å². The van der Waals surface area contributed by atoms with Crippen LogP contribution >= 0.6 is 0 Å². The van der Waals surface area contributed by atoms with Crippen molar-refractivity contribution >= 4 is 5.57 Å². The van der Waals surface area contributed by atoms with Crippen LogP contribution < -0.4 is 0 Å². The maximum absolute atomic E-state index is 5.36. The lowest BCUT2D eigenvalue weighted by molar-refractivity contribution is 0.530. The summed E-state index contributed by atoms with van der Waals surface area (Å²) in [6, 6.07) is 3.95. The third kappa shape index (κ3) is 3.10. The number of hydrogen-bond acceptors (Lipinski definition) is 1. The van der Waals surface area contributed by atoms with Crippen molar-refractivity contribution in [1.29, 1.82) is 0 Å². The van der Waals surface area contributed by atoms with Crippen LogP contribution in [0, 0.1) is 5.41 Å². The molecule has 0 spiro atoms. The van der Waals surface area contributed by atoms with E-state index in [0.717, 1.165) is 12.2 Å². The molecular formula is C12H18O. The summed E-state index contributed by atoms with van der Waals surface area (Å²) >= 11 is 0. The molecule has 0 radical (unpaired) electrons. The summed E-state index contributed by atoms with van der Waals surface area (Å²) in [7, 11) is 0. The van der Waals surface area contributed by atoms with Crippen LogP contribution in [0.25, 0.3) is 5.57 Å². The van der Waals surface area contributed by atoms with Gasteiger partial charge in [0, 0.05) is 0 Å². The lowest BCUT2D eigenvalue weighted by Gasteiger charge is -2.14. The summed E-state index contributed by atoms with van der Waals surface area (Å²) in [6.45, 7) is 8.75. The van der Waals surface area contributed by atoms with Gasteiger partial charge in [-0.1, -0.05) is 33.8 Å². The van der Waals surface area contributed by atoms with Crippen molar-refractivity contribution in [1.82, 2.24) is 0 Å². The second kappa shape index (κ2) is 3.82. The van der Waals surface area contributed by atoms with Crippen molar-refractivity contribution in [3.05, 3.63) is 30.2 Å². The molecule has 13 heavy (non-hydrogen) atoms. The summed E-state index contributed by atoms with van der Waals surface area (Å²) in [5, 5.41) is 0. The number of furan rings is 1. The first-order valence-corrected chi connectivity index (χ1v) is 4.78. The van der Waals surface area contributed by atoms with E-state index in [9.17, 15) is 0 Å². The zero-order valence-corrected chi connectivity index (χ0v) is 8.92. The summed E-state index contributed by atoms with van der Waals surface area (Å²) in [5.74, 6) is 0.998. The highest BCUT2D eigenvalue weighted by molar-refractivity contribution is 5.61. The Hall–Kier alpha value is -0.980. The van der Waals surface area contributed by atoms with Gasteiger partial charge in [0.1, 0.15) is 5.76 Å². The zero-order chi connectivity index (χ0) is 9.90. The minimum Gasteiger partial charge on any atom is -0.465 e. The van der Waals surface area contributed by atoms with Crippen LogP contribution in [0.15, 0.2) is 28.9 Å². The SMILES string of the molecule is CC/C(=C\C(C)(C)C)c1ccco1. The molecule has 0 unspecified atom stereocenters. The molecule has 0 aliphatic rings. The van der Waals surface area contributed by atoms with E-state index in [1.54, 1.807) is 6.26 Å². The van der Waals surface area contributed by atoms with E-state index in [2.05, 4.69) is 33.8 Å². The first kappa shape index (κ1) is 10.1. The number of rotatable bonds is 2. The smallest absolute Gasteiger partial charge is 0.129 e. The van der Waals surface area contributed by atoms with Crippen LogP contribution in [0.2, 0.25) is 0 Å². The Morgan fingerprint density at radius 2 is 2.15 bits per heavy atom. The van der Waals surface area contributed by atoms with Gasteiger partial charge >= 0.3 is 0 Å². The molecule has 1 heterocycles. The van der Waals surface area contributed by atoms with Crippen molar-refractivity contribution < 1.29 is 4.42 Å². The predicted octanol–water partition coefficient (Wildman–Crippen LogP) is 4.12. The lowest BCUT2D eigenvalue weighted by Crippen LogP contribution is -2.00. The minimum atomic E-state index is 0.220. The van der Waals surface area contributed by atoms with E-state index in [-0.39, 0.29) is 5.41 Å². The summed E-state index contributed by atoms with van der Waals surface area (Å²) in [4.78, 5) is 0. The van der Waals surface area contributed by atoms with Crippen molar-refractivity contribution in [2.75, 3.05) is 0 Å². The van der Waals surface area contributed by atoms with Crippen molar-refractivity contribution in [2.24, 2.45) is 5.41 Å². The molecule has 0 aliphatic carbocycles. The number of allylic oxidation sites excluding steroid dienone is 2. The molecule has 1 aromatic rings. The van der Waals surface area contributed by atoms with Gasteiger partial charge in [0.2, 0.25) is 0 Å². The normalized spacial score (nSPS) is 13.4. The Bertz CT molecular complexity index is 273. The highest BCUT2D eigenvalue weighted by Crippen LogP contribution is 2.25. The van der Waals surface area contributed by atoms with Gasteiger partial charge < -0.3 is 4.42 Å². The van der Waals surface area contributed by atoms with Gasteiger partial charge in [-0.25, -0.2) is 0 Å². The monoisotopic (exact) mass is 178 g/mol. The molecular weight excluding hydrogens is 160 g/mol. The first-order valence-electron chi connectivity index (χ1n) is 4.78. The molecule has 0 bridgehead atoms. The van der Waals surface area contributed by atoms with E-state index in [1.807, 2.05) is 12.1 Å². The number of hydrogen-bond donors (Lipinski definition) is 0. The molecule has 1 rings (SSSR count). The topological polar surface area (TPSA) is 13.1 Å². The van der Waals surface area contributed by atoms with E-state index in [1.165, 1.54) is 5.57 Å². The quantitative estimate of drug-likeness (QED) is 0.664.